The SMILES string of the molecule is CCCN1C(=O)/C(=C\c2c(N3CC(C)OC(C)C3)nc3c(C)cccn3c2=O)SC1=S. The number of ether oxygens (including phenoxy) is 1. The molecule has 2 atom stereocenters. The highest BCUT2D eigenvalue weighted by molar-refractivity contribution is 8.26. The van der Waals surface area contributed by atoms with Gasteiger partial charge in [-0.2, -0.15) is 0 Å². The fourth-order valence-electron chi connectivity index (χ4n) is 4.07. The van der Waals surface area contributed by atoms with Crippen molar-refractivity contribution in [3.8, 4) is 0 Å². The van der Waals surface area contributed by atoms with Crippen molar-refractivity contribution in [1.29, 1.82) is 0 Å². The van der Waals surface area contributed by atoms with Gasteiger partial charge in [-0.1, -0.05) is 37.0 Å². The zero-order valence-corrected chi connectivity index (χ0v) is 19.8. The third-order valence-corrected chi connectivity index (χ3v) is 6.76. The summed E-state index contributed by atoms with van der Waals surface area (Å²) in [7, 11) is 0. The first-order valence-corrected chi connectivity index (χ1v) is 11.7. The van der Waals surface area contributed by atoms with Gasteiger partial charge in [0.25, 0.3) is 11.5 Å². The molecule has 4 rings (SSSR count). The largest absolute Gasteiger partial charge is 0.372 e. The van der Waals surface area contributed by atoms with Gasteiger partial charge in [-0.15, -0.1) is 0 Å². The van der Waals surface area contributed by atoms with Crippen LogP contribution in [-0.4, -0.2) is 56.4 Å². The average Bonchev–Trinajstić information content (AvgIpc) is 2.97. The van der Waals surface area contributed by atoms with E-state index in [1.807, 2.05) is 39.8 Å². The fourth-order valence-corrected chi connectivity index (χ4v) is 5.36. The number of carbonyl (C=O) groups is 1. The molecule has 2 aliphatic heterocycles. The molecule has 0 bridgehead atoms. The smallest absolute Gasteiger partial charge is 0.267 e. The first-order valence-electron chi connectivity index (χ1n) is 10.5. The van der Waals surface area contributed by atoms with Gasteiger partial charge in [0.1, 0.15) is 15.8 Å². The fraction of sp³-hybridized carbons (Fsp3) is 0.455. The molecule has 0 radical (unpaired) electrons. The zero-order chi connectivity index (χ0) is 22.3. The van der Waals surface area contributed by atoms with Crippen LogP contribution < -0.4 is 10.5 Å². The van der Waals surface area contributed by atoms with E-state index >= 15 is 0 Å². The van der Waals surface area contributed by atoms with Crippen LogP contribution >= 0.6 is 24.0 Å². The summed E-state index contributed by atoms with van der Waals surface area (Å²) < 4.78 is 7.95. The highest BCUT2D eigenvalue weighted by atomic mass is 32.2. The van der Waals surface area contributed by atoms with Crippen LogP contribution in [-0.2, 0) is 9.53 Å². The highest BCUT2D eigenvalue weighted by Crippen LogP contribution is 2.34. The molecule has 0 saturated carbocycles. The number of carbonyl (C=O) groups excluding carboxylic acids is 1. The van der Waals surface area contributed by atoms with E-state index in [4.69, 9.17) is 21.9 Å². The van der Waals surface area contributed by atoms with Gasteiger partial charge in [0.05, 0.1) is 22.7 Å². The highest BCUT2D eigenvalue weighted by Gasteiger charge is 2.33. The molecule has 2 saturated heterocycles. The minimum absolute atomic E-state index is 0.0106. The monoisotopic (exact) mass is 458 g/mol. The van der Waals surface area contributed by atoms with Gasteiger partial charge in [-0.3, -0.25) is 18.9 Å². The Hall–Kier alpha value is -2.23. The lowest BCUT2D eigenvalue weighted by molar-refractivity contribution is -0.122. The summed E-state index contributed by atoms with van der Waals surface area (Å²) in [6, 6.07) is 3.76. The Morgan fingerprint density at radius 1 is 1.29 bits per heavy atom. The zero-order valence-electron chi connectivity index (χ0n) is 18.1. The van der Waals surface area contributed by atoms with Gasteiger partial charge >= 0.3 is 0 Å². The summed E-state index contributed by atoms with van der Waals surface area (Å²) in [4.78, 5) is 35.5. The summed E-state index contributed by atoms with van der Waals surface area (Å²) in [5.74, 6) is 0.433. The van der Waals surface area contributed by atoms with Crippen molar-refractivity contribution in [2.24, 2.45) is 0 Å². The van der Waals surface area contributed by atoms with Crippen molar-refractivity contribution in [3.63, 3.8) is 0 Å². The van der Waals surface area contributed by atoms with E-state index in [1.54, 1.807) is 21.6 Å². The van der Waals surface area contributed by atoms with Gasteiger partial charge < -0.3 is 9.64 Å². The van der Waals surface area contributed by atoms with Crippen molar-refractivity contribution in [3.05, 3.63) is 44.7 Å². The Morgan fingerprint density at radius 3 is 2.68 bits per heavy atom. The van der Waals surface area contributed by atoms with E-state index in [-0.39, 0.29) is 23.7 Å². The normalized spacial score (nSPS) is 23.4. The number of fused-ring (bicyclic) bond motifs is 1. The molecule has 0 N–H and O–H groups in total. The third-order valence-electron chi connectivity index (χ3n) is 5.38. The van der Waals surface area contributed by atoms with Crippen molar-refractivity contribution in [2.75, 3.05) is 24.5 Å². The number of thiocarbonyl (C=S) groups is 1. The van der Waals surface area contributed by atoms with Gasteiger partial charge in [-0.25, -0.2) is 4.98 Å². The molecule has 2 aromatic rings. The summed E-state index contributed by atoms with van der Waals surface area (Å²) >= 11 is 6.63. The summed E-state index contributed by atoms with van der Waals surface area (Å²) in [6.07, 6.45) is 4.21. The van der Waals surface area contributed by atoms with E-state index in [2.05, 4.69) is 4.90 Å². The molecule has 2 unspecified atom stereocenters. The number of aryl methyl sites for hydroxylation is 1. The summed E-state index contributed by atoms with van der Waals surface area (Å²) in [5, 5.41) is 0. The number of thioether (sulfide) groups is 1. The second-order valence-corrected chi connectivity index (χ2v) is 9.71. The van der Waals surface area contributed by atoms with Crippen LogP contribution in [0, 0.1) is 6.92 Å². The molecule has 31 heavy (non-hydrogen) atoms. The van der Waals surface area contributed by atoms with Crippen LogP contribution in [0.25, 0.3) is 11.7 Å². The maximum Gasteiger partial charge on any atom is 0.267 e. The van der Waals surface area contributed by atoms with E-state index in [0.717, 1.165) is 12.0 Å². The molecule has 2 aliphatic rings. The number of anilines is 1. The predicted molar refractivity (Wildman–Crippen MR) is 129 cm³/mol. The number of rotatable bonds is 4. The minimum atomic E-state index is -0.198. The van der Waals surface area contributed by atoms with Gasteiger partial charge in [0.2, 0.25) is 0 Å². The number of hydrogen-bond donors (Lipinski definition) is 0. The van der Waals surface area contributed by atoms with E-state index in [0.29, 0.717) is 45.9 Å². The molecule has 4 heterocycles. The Kier molecular flexibility index (Phi) is 6.18. The topological polar surface area (TPSA) is 67.2 Å². The lowest BCUT2D eigenvalue weighted by Crippen LogP contribution is -2.46. The lowest BCUT2D eigenvalue weighted by Gasteiger charge is -2.36. The summed E-state index contributed by atoms with van der Waals surface area (Å²) in [6.45, 7) is 9.78. The maximum absolute atomic E-state index is 13.5. The van der Waals surface area contributed by atoms with Crippen LogP contribution in [0.1, 0.15) is 38.3 Å². The molecule has 2 fully saturated rings. The minimum Gasteiger partial charge on any atom is -0.372 e. The van der Waals surface area contributed by atoms with Crippen LogP contribution in [0.5, 0.6) is 0 Å². The Balaban J connectivity index is 1.89. The molecule has 0 spiro atoms. The number of nitrogens with zero attached hydrogens (tertiary/aromatic N) is 4. The standard InChI is InChI=1S/C22H26N4O3S2/c1-5-8-26-21(28)17(31-22(26)30)10-16-19(24-11-14(3)29-15(4)12-24)23-18-13(2)7-6-9-25(18)20(16)27/h6-7,9-10,14-15H,5,8,11-12H2,1-4H3/b17-10+. The van der Waals surface area contributed by atoms with Gasteiger partial charge in [0.15, 0.2) is 0 Å². The quantitative estimate of drug-likeness (QED) is 0.515. The molecule has 1 amide bonds. The first-order chi connectivity index (χ1) is 14.8. The van der Waals surface area contributed by atoms with Crippen molar-refractivity contribution in [1.82, 2.24) is 14.3 Å². The number of hydrogen-bond acceptors (Lipinski definition) is 7. The molecule has 0 aliphatic carbocycles. The molecule has 164 valence electrons. The predicted octanol–water partition coefficient (Wildman–Crippen LogP) is 3.23. The van der Waals surface area contributed by atoms with Gasteiger partial charge in [-0.05, 0) is 44.9 Å². The number of aromatic nitrogens is 2. The molecule has 2 aromatic heterocycles. The number of morpholine rings is 1. The van der Waals surface area contributed by atoms with E-state index in [1.165, 1.54) is 11.8 Å². The number of pyridine rings is 1. The van der Waals surface area contributed by atoms with Crippen LogP contribution in [0.4, 0.5) is 5.82 Å². The van der Waals surface area contributed by atoms with Crippen LogP contribution in [0.2, 0.25) is 0 Å². The maximum atomic E-state index is 13.5. The van der Waals surface area contributed by atoms with Crippen molar-refractivity contribution in [2.45, 2.75) is 46.3 Å². The molecule has 0 aromatic carbocycles. The number of amides is 1. The molecule has 9 heteroatoms. The average molecular weight is 459 g/mol. The lowest BCUT2D eigenvalue weighted by atomic mass is 10.1. The van der Waals surface area contributed by atoms with Crippen LogP contribution in [0.3, 0.4) is 0 Å². The van der Waals surface area contributed by atoms with Crippen molar-refractivity contribution < 1.29 is 9.53 Å². The second-order valence-electron chi connectivity index (χ2n) is 8.03. The first kappa shape index (κ1) is 22.0. The Bertz CT molecular complexity index is 1130. The molecular formula is C22H26N4O3S2. The van der Waals surface area contributed by atoms with Gasteiger partial charge in [0, 0.05) is 25.8 Å². The molecular weight excluding hydrogens is 432 g/mol. The second kappa shape index (κ2) is 8.72. The Labute approximate surface area is 191 Å². The molecule has 7 nitrogen and oxygen atoms in total. The van der Waals surface area contributed by atoms with Crippen LogP contribution in [0.15, 0.2) is 28.0 Å². The third kappa shape index (κ3) is 4.14. The van der Waals surface area contributed by atoms with E-state index < -0.39 is 0 Å². The summed E-state index contributed by atoms with van der Waals surface area (Å²) in [5.41, 5.74) is 1.73. The van der Waals surface area contributed by atoms with E-state index in [9.17, 15) is 9.59 Å². The Morgan fingerprint density at radius 2 is 2.00 bits per heavy atom. The van der Waals surface area contributed by atoms with Crippen molar-refractivity contribution >= 4 is 51.7 Å².